The lowest BCUT2D eigenvalue weighted by Gasteiger charge is -2.10. The number of carbonyl (C=O) groups excluding carboxylic acids is 1. The van der Waals surface area contributed by atoms with Crippen molar-refractivity contribution >= 4 is 17.6 Å². The molecule has 1 aromatic heterocycles. The lowest BCUT2D eigenvalue weighted by atomic mass is 10.2. The van der Waals surface area contributed by atoms with Gasteiger partial charge in [0.15, 0.2) is 5.69 Å². The number of hydrogen-bond donors (Lipinski definition) is 0. The van der Waals surface area contributed by atoms with Crippen molar-refractivity contribution in [3.05, 3.63) is 71.0 Å². The summed E-state index contributed by atoms with van der Waals surface area (Å²) in [7, 11) is 1.29. The van der Waals surface area contributed by atoms with Gasteiger partial charge in [0.2, 0.25) is 0 Å². The molecule has 0 aliphatic heterocycles. The summed E-state index contributed by atoms with van der Waals surface area (Å²) in [6.07, 6.45) is 1.48. The first kappa shape index (κ1) is 16.0. The van der Waals surface area contributed by atoms with Crippen LogP contribution < -0.4 is 4.74 Å². The number of benzene rings is 2. The average Bonchev–Trinajstić information content (AvgIpc) is 3.11. The number of rotatable bonds is 5. The van der Waals surface area contributed by atoms with E-state index in [0.717, 1.165) is 5.56 Å². The van der Waals surface area contributed by atoms with Gasteiger partial charge in [-0.15, -0.1) is 5.10 Å². The van der Waals surface area contributed by atoms with Crippen LogP contribution in [0.4, 0.5) is 0 Å². The summed E-state index contributed by atoms with van der Waals surface area (Å²) in [5.74, 6) is -0.0242. The maximum atomic E-state index is 11.5. The molecule has 2 aromatic carbocycles. The molecule has 0 amide bonds. The molecule has 0 saturated heterocycles. The Balaban J connectivity index is 1.81. The average molecular weight is 344 g/mol. The first-order valence-electron chi connectivity index (χ1n) is 7.14. The molecule has 24 heavy (non-hydrogen) atoms. The van der Waals surface area contributed by atoms with Crippen LogP contribution in [0.2, 0.25) is 5.02 Å². The predicted molar refractivity (Wildman–Crippen MR) is 88.5 cm³/mol. The van der Waals surface area contributed by atoms with Gasteiger partial charge in [-0.05, 0) is 17.7 Å². The standard InChI is InChI=1S/C17H14ClN3O3/c1-23-17(22)15-10-21(20-19-15)13-7-8-14(18)16(9-13)24-11-12-5-3-2-4-6-12/h2-10H,11H2,1H3. The fourth-order valence-electron chi connectivity index (χ4n) is 2.07. The third kappa shape index (κ3) is 3.55. The van der Waals surface area contributed by atoms with Crippen LogP contribution in [0.3, 0.4) is 0 Å². The molecular weight excluding hydrogens is 330 g/mol. The van der Waals surface area contributed by atoms with Crippen LogP contribution in [0.15, 0.2) is 54.7 Å². The van der Waals surface area contributed by atoms with E-state index in [4.69, 9.17) is 16.3 Å². The second-order valence-corrected chi connectivity index (χ2v) is 5.34. The number of aromatic nitrogens is 3. The molecule has 122 valence electrons. The topological polar surface area (TPSA) is 66.2 Å². The zero-order valence-electron chi connectivity index (χ0n) is 12.8. The molecule has 0 aliphatic carbocycles. The second kappa shape index (κ2) is 7.14. The van der Waals surface area contributed by atoms with Crippen molar-refractivity contribution in [2.24, 2.45) is 0 Å². The van der Waals surface area contributed by atoms with E-state index < -0.39 is 5.97 Å². The molecule has 6 nitrogen and oxygen atoms in total. The minimum atomic E-state index is -0.546. The van der Waals surface area contributed by atoms with Crippen molar-refractivity contribution in [2.75, 3.05) is 7.11 Å². The highest BCUT2D eigenvalue weighted by atomic mass is 35.5. The van der Waals surface area contributed by atoms with Crippen LogP contribution in [0.5, 0.6) is 5.75 Å². The first-order chi connectivity index (χ1) is 11.7. The number of methoxy groups -OCH3 is 1. The van der Waals surface area contributed by atoms with Crippen molar-refractivity contribution in [3.8, 4) is 11.4 Å². The molecule has 3 rings (SSSR count). The third-order valence-corrected chi connectivity index (χ3v) is 3.62. The summed E-state index contributed by atoms with van der Waals surface area (Å²) in [6, 6.07) is 15.0. The Morgan fingerprint density at radius 2 is 2.00 bits per heavy atom. The van der Waals surface area contributed by atoms with E-state index >= 15 is 0 Å². The van der Waals surface area contributed by atoms with Crippen LogP contribution in [0.25, 0.3) is 5.69 Å². The molecule has 0 bridgehead atoms. The molecule has 0 spiro atoms. The molecule has 3 aromatic rings. The van der Waals surface area contributed by atoms with Crippen LogP contribution in [0, 0.1) is 0 Å². The molecule has 0 atom stereocenters. The third-order valence-electron chi connectivity index (χ3n) is 3.30. The number of ether oxygens (including phenoxy) is 2. The van der Waals surface area contributed by atoms with Gasteiger partial charge in [-0.25, -0.2) is 9.48 Å². The molecule has 0 radical (unpaired) electrons. The van der Waals surface area contributed by atoms with E-state index in [1.807, 2.05) is 30.3 Å². The highest BCUT2D eigenvalue weighted by Crippen LogP contribution is 2.27. The Bertz CT molecular complexity index is 849. The summed E-state index contributed by atoms with van der Waals surface area (Å²) in [5, 5.41) is 8.17. The predicted octanol–water partition coefficient (Wildman–Crippen LogP) is 3.29. The molecule has 0 N–H and O–H groups in total. The summed E-state index contributed by atoms with van der Waals surface area (Å²) in [4.78, 5) is 11.5. The smallest absolute Gasteiger partial charge is 0.360 e. The van der Waals surface area contributed by atoms with Crippen molar-refractivity contribution in [1.82, 2.24) is 15.0 Å². The van der Waals surface area contributed by atoms with E-state index in [2.05, 4.69) is 15.0 Å². The number of halogens is 1. The molecule has 0 fully saturated rings. The van der Waals surface area contributed by atoms with Crippen molar-refractivity contribution in [1.29, 1.82) is 0 Å². The van der Waals surface area contributed by atoms with E-state index in [1.165, 1.54) is 18.0 Å². The van der Waals surface area contributed by atoms with Gasteiger partial charge in [0.1, 0.15) is 12.4 Å². The lowest BCUT2D eigenvalue weighted by molar-refractivity contribution is 0.0594. The monoisotopic (exact) mass is 343 g/mol. The Hall–Kier alpha value is -2.86. The minimum absolute atomic E-state index is 0.124. The molecule has 0 saturated carbocycles. The molecule has 7 heteroatoms. The second-order valence-electron chi connectivity index (χ2n) is 4.93. The minimum Gasteiger partial charge on any atom is -0.487 e. The normalized spacial score (nSPS) is 10.4. The largest absolute Gasteiger partial charge is 0.487 e. The van der Waals surface area contributed by atoms with Crippen molar-refractivity contribution < 1.29 is 14.3 Å². The van der Waals surface area contributed by atoms with Gasteiger partial charge in [-0.3, -0.25) is 0 Å². The van der Waals surface area contributed by atoms with Crippen LogP contribution >= 0.6 is 11.6 Å². The van der Waals surface area contributed by atoms with E-state index in [-0.39, 0.29) is 5.69 Å². The Kier molecular flexibility index (Phi) is 4.77. The maximum absolute atomic E-state index is 11.5. The van der Waals surface area contributed by atoms with Crippen molar-refractivity contribution in [3.63, 3.8) is 0 Å². The van der Waals surface area contributed by atoms with Gasteiger partial charge < -0.3 is 9.47 Å². The molecule has 0 unspecified atom stereocenters. The number of nitrogens with zero attached hydrogens (tertiary/aromatic N) is 3. The number of hydrogen-bond acceptors (Lipinski definition) is 5. The van der Waals surface area contributed by atoms with E-state index in [9.17, 15) is 4.79 Å². The SMILES string of the molecule is COC(=O)c1cn(-c2ccc(Cl)c(OCc3ccccc3)c2)nn1. The quantitative estimate of drug-likeness (QED) is 0.665. The summed E-state index contributed by atoms with van der Waals surface area (Å²) < 4.78 is 11.8. The van der Waals surface area contributed by atoms with Gasteiger partial charge in [0.05, 0.1) is 24.0 Å². The Morgan fingerprint density at radius 1 is 1.21 bits per heavy atom. The van der Waals surface area contributed by atoms with Gasteiger partial charge >= 0.3 is 5.97 Å². The molecular formula is C17H14ClN3O3. The van der Waals surface area contributed by atoms with E-state index in [0.29, 0.717) is 23.1 Å². The fraction of sp³-hybridized carbons (Fsp3) is 0.118. The summed E-state index contributed by atoms with van der Waals surface area (Å²) in [6.45, 7) is 0.398. The fourth-order valence-corrected chi connectivity index (χ4v) is 2.24. The van der Waals surface area contributed by atoms with Crippen molar-refractivity contribution in [2.45, 2.75) is 6.61 Å². The van der Waals surface area contributed by atoms with Gasteiger partial charge in [-0.1, -0.05) is 47.1 Å². The first-order valence-corrected chi connectivity index (χ1v) is 7.52. The highest BCUT2D eigenvalue weighted by molar-refractivity contribution is 6.32. The zero-order chi connectivity index (χ0) is 16.9. The van der Waals surface area contributed by atoms with Crippen LogP contribution in [-0.4, -0.2) is 28.1 Å². The van der Waals surface area contributed by atoms with E-state index in [1.54, 1.807) is 18.2 Å². The van der Waals surface area contributed by atoms with Gasteiger partial charge in [-0.2, -0.15) is 0 Å². The van der Waals surface area contributed by atoms with Crippen LogP contribution in [-0.2, 0) is 11.3 Å². The molecule has 1 heterocycles. The summed E-state index contributed by atoms with van der Waals surface area (Å²) >= 11 is 6.18. The molecule has 0 aliphatic rings. The zero-order valence-corrected chi connectivity index (χ0v) is 13.6. The lowest BCUT2D eigenvalue weighted by Crippen LogP contribution is -2.01. The number of esters is 1. The Labute approximate surface area is 143 Å². The maximum Gasteiger partial charge on any atom is 0.360 e. The number of carbonyl (C=O) groups is 1. The van der Waals surface area contributed by atoms with Gasteiger partial charge in [0, 0.05) is 6.07 Å². The highest BCUT2D eigenvalue weighted by Gasteiger charge is 2.12. The Morgan fingerprint density at radius 3 is 2.75 bits per heavy atom. The van der Waals surface area contributed by atoms with Gasteiger partial charge in [0.25, 0.3) is 0 Å². The van der Waals surface area contributed by atoms with Crippen LogP contribution in [0.1, 0.15) is 16.1 Å². The summed E-state index contributed by atoms with van der Waals surface area (Å²) in [5.41, 5.74) is 1.83.